The maximum atomic E-state index is 12.6. The van der Waals surface area contributed by atoms with E-state index in [4.69, 9.17) is 5.26 Å². The van der Waals surface area contributed by atoms with E-state index in [0.717, 1.165) is 36.2 Å². The molecule has 0 bridgehead atoms. The number of hydrogen-bond donors (Lipinski definition) is 1. The number of fused-ring (bicyclic) bond motifs is 1. The Bertz CT molecular complexity index is 1030. The van der Waals surface area contributed by atoms with Crippen LogP contribution in [0.5, 0.6) is 0 Å². The molecule has 0 unspecified atom stereocenters. The first-order chi connectivity index (χ1) is 13.2. The van der Waals surface area contributed by atoms with Crippen molar-refractivity contribution in [1.29, 1.82) is 5.26 Å². The number of carbonyl (C=O) groups is 1. The van der Waals surface area contributed by atoms with Crippen molar-refractivity contribution in [2.24, 2.45) is 0 Å². The first kappa shape index (κ1) is 16.9. The number of aryl methyl sites for hydroxylation is 1. The molecule has 27 heavy (non-hydrogen) atoms. The van der Waals surface area contributed by atoms with Crippen LogP contribution in [-0.2, 0) is 6.42 Å². The Morgan fingerprint density at radius 2 is 2.11 bits per heavy atom. The van der Waals surface area contributed by atoms with Crippen molar-refractivity contribution in [2.45, 2.75) is 25.3 Å². The predicted octanol–water partition coefficient (Wildman–Crippen LogP) is 3.22. The fraction of sp³-hybridized carbons (Fsp3) is 0.190. The van der Waals surface area contributed by atoms with Crippen LogP contribution in [0.25, 0.3) is 11.5 Å². The molecule has 1 N–H and O–H groups in total. The van der Waals surface area contributed by atoms with Gasteiger partial charge in [-0.05, 0) is 49.6 Å². The van der Waals surface area contributed by atoms with Crippen LogP contribution in [0.3, 0.4) is 0 Å². The van der Waals surface area contributed by atoms with E-state index in [2.05, 4.69) is 26.3 Å². The lowest BCUT2D eigenvalue weighted by atomic mass is 9.92. The molecule has 132 valence electrons. The number of nitrogens with zero attached hydrogens (tertiary/aromatic N) is 4. The van der Waals surface area contributed by atoms with Crippen molar-refractivity contribution in [3.63, 3.8) is 0 Å². The molecule has 3 aromatic rings. The summed E-state index contributed by atoms with van der Waals surface area (Å²) in [6, 6.07) is 14.3. The summed E-state index contributed by atoms with van der Waals surface area (Å²) in [7, 11) is 0. The fourth-order valence-corrected chi connectivity index (χ4v) is 3.29. The van der Waals surface area contributed by atoms with E-state index in [1.165, 1.54) is 0 Å². The Morgan fingerprint density at radius 1 is 1.19 bits per heavy atom. The van der Waals surface area contributed by atoms with Crippen LogP contribution in [0.2, 0.25) is 0 Å². The first-order valence-corrected chi connectivity index (χ1v) is 8.83. The summed E-state index contributed by atoms with van der Waals surface area (Å²) in [5, 5.41) is 12.1. The molecule has 1 aromatic carbocycles. The van der Waals surface area contributed by atoms with Crippen molar-refractivity contribution in [3.05, 3.63) is 77.2 Å². The zero-order valence-electron chi connectivity index (χ0n) is 14.6. The van der Waals surface area contributed by atoms with Gasteiger partial charge in [-0.25, -0.2) is 9.97 Å². The van der Waals surface area contributed by atoms with Crippen molar-refractivity contribution >= 4 is 5.91 Å². The maximum Gasteiger partial charge on any atom is 0.251 e. The molecule has 1 amide bonds. The number of nitrogens with one attached hydrogen (secondary N) is 1. The van der Waals surface area contributed by atoms with E-state index >= 15 is 0 Å². The average molecular weight is 355 g/mol. The average Bonchev–Trinajstić information content (AvgIpc) is 2.74. The monoisotopic (exact) mass is 355 g/mol. The summed E-state index contributed by atoms with van der Waals surface area (Å²) < 4.78 is 0. The number of benzene rings is 1. The van der Waals surface area contributed by atoms with Gasteiger partial charge in [0.05, 0.1) is 17.7 Å². The normalized spacial score (nSPS) is 15.4. The Labute approximate surface area is 156 Å². The van der Waals surface area contributed by atoms with Crippen molar-refractivity contribution in [1.82, 2.24) is 20.3 Å². The van der Waals surface area contributed by atoms with Gasteiger partial charge in [-0.2, -0.15) is 5.26 Å². The second kappa shape index (κ2) is 7.34. The number of hydrogen-bond acceptors (Lipinski definition) is 5. The highest BCUT2D eigenvalue weighted by molar-refractivity contribution is 5.94. The van der Waals surface area contributed by atoms with Gasteiger partial charge < -0.3 is 5.32 Å². The van der Waals surface area contributed by atoms with Gasteiger partial charge in [0.1, 0.15) is 5.69 Å². The van der Waals surface area contributed by atoms with Crippen molar-refractivity contribution in [3.8, 4) is 17.6 Å². The van der Waals surface area contributed by atoms with Gasteiger partial charge >= 0.3 is 0 Å². The number of nitriles is 1. The summed E-state index contributed by atoms with van der Waals surface area (Å²) in [6.07, 6.45) is 6.14. The topological polar surface area (TPSA) is 91.6 Å². The Balaban J connectivity index is 1.58. The van der Waals surface area contributed by atoms with Gasteiger partial charge in [0, 0.05) is 29.2 Å². The second-order valence-corrected chi connectivity index (χ2v) is 6.42. The van der Waals surface area contributed by atoms with Crippen LogP contribution < -0.4 is 5.32 Å². The molecule has 6 heteroatoms. The number of pyridine rings is 1. The fourth-order valence-electron chi connectivity index (χ4n) is 3.29. The predicted molar refractivity (Wildman–Crippen MR) is 99.6 cm³/mol. The smallest absolute Gasteiger partial charge is 0.251 e. The highest BCUT2D eigenvalue weighted by Gasteiger charge is 2.24. The highest BCUT2D eigenvalue weighted by atomic mass is 16.1. The van der Waals surface area contributed by atoms with Gasteiger partial charge in [0.2, 0.25) is 0 Å². The number of rotatable bonds is 3. The molecule has 0 fully saturated rings. The van der Waals surface area contributed by atoms with Gasteiger partial charge in [-0.3, -0.25) is 9.78 Å². The number of aromatic nitrogens is 3. The van der Waals surface area contributed by atoms with E-state index in [1.807, 2.05) is 18.2 Å². The molecule has 2 aromatic heterocycles. The summed E-state index contributed by atoms with van der Waals surface area (Å²) in [6.45, 7) is 0. The molecular formula is C21H17N5O. The number of carbonyl (C=O) groups excluding carboxylic acids is 1. The third-order valence-electron chi connectivity index (χ3n) is 4.63. The molecule has 1 atom stereocenters. The molecule has 0 saturated heterocycles. The van der Waals surface area contributed by atoms with E-state index in [0.29, 0.717) is 17.0 Å². The van der Waals surface area contributed by atoms with E-state index in [1.54, 1.807) is 36.7 Å². The molecule has 0 radical (unpaired) electrons. The van der Waals surface area contributed by atoms with E-state index in [-0.39, 0.29) is 11.9 Å². The third kappa shape index (κ3) is 3.53. The zero-order valence-corrected chi connectivity index (χ0v) is 14.6. The van der Waals surface area contributed by atoms with Crippen LogP contribution in [0.4, 0.5) is 0 Å². The number of amides is 1. The summed E-state index contributed by atoms with van der Waals surface area (Å²) in [4.78, 5) is 26.0. The molecule has 0 aliphatic heterocycles. The summed E-state index contributed by atoms with van der Waals surface area (Å²) in [5.74, 6) is 0.404. The Morgan fingerprint density at radius 3 is 2.93 bits per heavy atom. The van der Waals surface area contributed by atoms with Crippen LogP contribution in [-0.4, -0.2) is 20.9 Å². The molecule has 1 aliphatic rings. The third-order valence-corrected chi connectivity index (χ3v) is 4.63. The lowest BCUT2D eigenvalue weighted by Gasteiger charge is -2.25. The molecule has 4 rings (SSSR count). The van der Waals surface area contributed by atoms with Crippen LogP contribution >= 0.6 is 0 Å². The lowest BCUT2D eigenvalue weighted by molar-refractivity contribution is 0.0932. The molecule has 0 saturated carbocycles. The summed E-state index contributed by atoms with van der Waals surface area (Å²) >= 11 is 0. The first-order valence-electron chi connectivity index (χ1n) is 8.83. The highest BCUT2D eigenvalue weighted by Crippen LogP contribution is 2.29. The van der Waals surface area contributed by atoms with Gasteiger partial charge in [-0.1, -0.05) is 12.1 Å². The molecule has 2 heterocycles. The zero-order chi connectivity index (χ0) is 18.6. The Kier molecular flexibility index (Phi) is 4.58. The van der Waals surface area contributed by atoms with Crippen molar-refractivity contribution in [2.75, 3.05) is 0 Å². The molecule has 6 nitrogen and oxygen atoms in total. The van der Waals surface area contributed by atoms with Crippen LogP contribution in [0.15, 0.2) is 54.9 Å². The molecule has 0 spiro atoms. The Hall–Kier alpha value is -3.59. The van der Waals surface area contributed by atoms with Crippen molar-refractivity contribution < 1.29 is 4.79 Å². The molecular weight excluding hydrogens is 338 g/mol. The molecule has 1 aliphatic carbocycles. The minimum atomic E-state index is -0.196. The van der Waals surface area contributed by atoms with Gasteiger partial charge in [0.15, 0.2) is 5.82 Å². The minimum absolute atomic E-state index is 0.134. The largest absolute Gasteiger partial charge is 0.345 e. The SMILES string of the molecule is N#Cc1cccc(C(=O)N[C@@H]2CCCc3nc(-c4ccccn4)ncc32)c1. The quantitative estimate of drug-likeness (QED) is 0.779. The van der Waals surface area contributed by atoms with E-state index in [9.17, 15) is 4.79 Å². The van der Waals surface area contributed by atoms with Crippen LogP contribution in [0.1, 0.15) is 46.1 Å². The van der Waals surface area contributed by atoms with Crippen LogP contribution in [0, 0.1) is 11.3 Å². The second-order valence-electron chi connectivity index (χ2n) is 6.42. The van der Waals surface area contributed by atoms with Gasteiger partial charge in [-0.15, -0.1) is 0 Å². The minimum Gasteiger partial charge on any atom is -0.345 e. The standard InChI is InChI=1S/C21H17N5O/c22-12-14-5-3-6-15(11-14)21(27)26-18-9-4-8-17-16(18)13-24-20(25-17)19-7-1-2-10-23-19/h1-3,5-7,10-11,13,18H,4,8-9H2,(H,26,27)/t18-/m1/s1. The summed E-state index contributed by atoms with van der Waals surface area (Å²) in [5.41, 5.74) is 3.58. The lowest BCUT2D eigenvalue weighted by Crippen LogP contribution is -2.31. The van der Waals surface area contributed by atoms with E-state index < -0.39 is 0 Å². The van der Waals surface area contributed by atoms with Gasteiger partial charge in [0.25, 0.3) is 5.91 Å². The maximum absolute atomic E-state index is 12.6.